The second-order valence-electron chi connectivity index (χ2n) is 1.73. The summed E-state index contributed by atoms with van der Waals surface area (Å²) in [6.45, 7) is 10.8. The fourth-order valence-electron chi connectivity index (χ4n) is 0.585. The number of hydrogen-bond donors (Lipinski definition) is 0. The summed E-state index contributed by atoms with van der Waals surface area (Å²) >= 11 is 0. The van der Waals surface area contributed by atoms with Crippen LogP contribution in [0.4, 0.5) is 0 Å². The number of morpholine rings is 1. The molecule has 0 N–H and O–H groups in total. The van der Waals surface area contributed by atoms with E-state index in [0.717, 1.165) is 0 Å². The quantitative estimate of drug-likeness (QED) is 0.581. The summed E-state index contributed by atoms with van der Waals surface area (Å²) < 4.78 is 4.95. The van der Waals surface area contributed by atoms with Gasteiger partial charge in [-0.25, -0.2) is 0 Å². The van der Waals surface area contributed by atoms with Crippen LogP contribution < -0.4 is 58.2 Å². The molecule has 0 saturated carbocycles. The van der Waals surface area contributed by atoms with Gasteiger partial charge in [-0.2, -0.15) is 0 Å². The Morgan fingerprint density at radius 2 is 1.77 bits per heavy atom. The molecule has 0 spiro atoms. The maximum Gasteiger partial charge on any atom is 1.00 e. The van der Waals surface area contributed by atoms with Crippen LogP contribution in [0.5, 0.6) is 0 Å². The summed E-state index contributed by atoms with van der Waals surface area (Å²) in [6, 6.07) is 0. The minimum atomic E-state index is -0.302. The first-order valence-corrected chi connectivity index (χ1v) is 4.63. The average molecular weight is 260 g/mol. The zero-order chi connectivity index (χ0) is 9.98. The molecule has 1 atom stereocenters. The van der Waals surface area contributed by atoms with Crippen molar-refractivity contribution in [2.24, 2.45) is 0 Å². The molecule has 1 rings (SSSR count). The molecule has 1 unspecified atom stereocenters. The van der Waals surface area contributed by atoms with E-state index in [-0.39, 0.29) is 70.2 Å². The van der Waals surface area contributed by atoms with Crippen LogP contribution in [0.25, 0.3) is 5.32 Å². The molecule has 0 aliphatic carbocycles. The molecule has 0 bridgehead atoms. The van der Waals surface area contributed by atoms with Crippen LogP contribution in [0.2, 0.25) is 0 Å². The van der Waals surface area contributed by atoms with Crippen molar-refractivity contribution < 1.29 is 67.7 Å². The molecule has 1 aliphatic heterocycles. The molecule has 0 aromatic carbocycles. The third kappa shape index (κ3) is 11.2. The monoisotopic (exact) mass is 259 g/mol. The normalized spacial score (nSPS) is 19.2. The number of carbonyl (C=O) groups excluding carboxylic acids is 1. The third-order valence-electron chi connectivity index (χ3n) is 1.07. The van der Waals surface area contributed by atoms with Crippen molar-refractivity contribution in [1.82, 2.24) is 0 Å². The number of carbonyl (C=O) groups is 1. The summed E-state index contributed by atoms with van der Waals surface area (Å²) in [5.41, 5.74) is 0. The molecule has 1 saturated heterocycles. The first kappa shape index (κ1) is 19.8. The number of nitrogens with zero attached hydrogens (tertiary/aromatic N) is 1. The summed E-state index contributed by atoms with van der Waals surface area (Å²) in [5.74, 6) is -0.128. The zero-order valence-corrected chi connectivity index (χ0v) is 14.7. The fraction of sp³-hybridized carbons (Fsp3) is 0.889. The molecule has 74 valence electrons. The molecule has 3 nitrogen and oxygen atoms in total. The van der Waals surface area contributed by atoms with E-state index in [1.807, 2.05) is 27.7 Å². The molecule has 0 radical (unpaired) electrons. The Kier molecular flexibility index (Phi) is 23.9. The molecule has 1 aliphatic rings. The molecular weight excluding hydrogens is 240 g/mol. The van der Waals surface area contributed by atoms with Crippen molar-refractivity contribution >= 4 is 5.91 Å². The van der Waals surface area contributed by atoms with Crippen LogP contribution in [0.1, 0.15) is 34.6 Å². The van der Waals surface area contributed by atoms with Crippen LogP contribution in [0.15, 0.2) is 0 Å². The Bertz CT molecular complexity index is 110. The van der Waals surface area contributed by atoms with Crippen molar-refractivity contribution in [3.63, 3.8) is 0 Å². The van der Waals surface area contributed by atoms with Gasteiger partial charge >= 0.3 is 58.2 Å². The van der Waals surface area contributed by atoms with Crippen molar-refractivity contribution in [3.05, 3.63) is 5.32 Å². The van der Waals surface area contributed by atoms with Crippen LogP contribution >= 0.6 is 0 Å². The van der Waals surface area contributed by atoms with E-state index in [1.54, 1.807) is 6.92 Å². The van der Waals surface area contributed by atoms with Gasteiger partial charge in [-0.05, 0) is 6.92 Å². The van der Waals surface area contributed by atoms with Crippen molar-refractivity contribution in [3.8, 4) is 0 Å². The Balaban J connectivity index is -0.000000178. The standard InChI is InChI=1S/C5H9NO2.2C2H6.Rb/c1-4-5(7)6-2-3-8-4;2*1-2;/h4H,2-3H2,1H3,(H,6,7);2*1-2H3;/q;;;+1/p-1. The van der Waals surface area contributed by atoms with Gasteiger partial charge in [0.25, 0.3) is 0 Å². The predicted octanol–water partition coefficient (Wildman–Crippen LogP) is -0.638. The Morgan fingerprint density at radius 3 is 2.00 bits per heavy atom. The van der Waals surface area contributed by atoms with Gasteiger partial charge in [0.05, 0.1) is 12.0 Å². The van der Waals surface area contributed by atoms with Crippen LogP contribution in [-0.4, -0.2) is 25.2 Å². The smallest absolute Gasteiger partial charge is 0.649 e. The third-order valence-corrected chi connectivity index (χ3v) is 1.07. The van der Waals surface area contributed by atoms with Gasteiger partial charge < -0.3 is 14.8 Å². The van der Waals surface area contributed by atoms with E-state index in [1.165, 1.54) is 0 Å². The summed E-state index contributed by atoms with van der Waals surface area (Å²) in [5, 5.41) is 3.65. The van der Waals surface area contributed by atoms with E-state index in [9.17, 15) is 4.79 Å². The fourth-order valence-corrected chi connectivity index (χ4v) is 0.585. The van der Waals surface area contributed by atoms with E-state index in [2.05, 4.69) is 5.32 Å². The minimum absolute atomic E-state index is 0. The predicted molar refractivity (Wildman–Crippen MR) is 51.3 cm³/mol. The molecule has 0 aromatic rings. The van der Waals surface area contributed by atoms with E-state index < -0.39 is 0 Å². The average Bonchev–Trinajstić information content (AvgIpc) is 2.17. The SMILES string of the molecule is CC.CC.CC1OCC[N-]C1=O.[Rb+]. The Hall–Kier alpha value is 1.24. The van der Waals surface area contributed by atoms with Gasteiger partial charge in [-0.3, -0.25) is 0 Å². The van der Waals surface area contributed by atoms with Gasteiger partial charge in [-0.1, -0.05) is 27.7 Å². The molecule has 1 fully saturated rings. The van der Waals surface area contributed by atoms with Crippen molar-refractivity contribution in [2.75, 3.05) is 13.2 Å². The molecule has 0 aromatic heterocycles. The van der Waals surface area contributed by atoms with E-state index in [4.69, 9.17) is 4.74 Å². The second-order valence-corrected chi connectivity index (χ2v) is 1.73. The van der Waals surface area contributed by atoms with E-state index >= 15 is 0 Å². The molecular formula is C9H20NO2Rb. The van der Waals surface area contributed by atoms with Crippen LogP contribution in [0.3, 0.4) is 0 Å². The Morgan fingerprint density at radius 1 is 1.31 bits per heavy atom. The molecule has 1 heterocycles. The van der Waals surface area contributed by atoms with E-state index in [0.29, 0.717) is 13.2 Å². The minimum Gasteiger partial charge on any atom is -0.649 e. The first-order valence-electron chi connectivity index (χ1n) is 4.63. The molecule has 1 amide bonds. The van der Waals surface area contributed by atoms with Gasteiger partial charge in [0.15, 0.2) is 0 Å². The molecule has 13 heavy (non-hydrogen) atoms. The van der Waals surface area contributed by atoms with Gasteiger partial charge in [0.2, 0.25) is 0 Å². The zero-order valence-electron chi connectivity index (χ0n) is 9.76. The second kappa shape index (κ2) is 15.7. The van der Waals surface area contributed by atoms with Gasteiger partial charge in [-0.15, -0.1) is 6.54 Å². The van der Waals surface area contributed by atoms with Crippen molar-refractivity contribution in [1.29, 1.82) is 0 Å². The van der Waals surface area contributed by atoms with Gasteiger partial charge in [0.1, 0.15) is 0 Å². The summed E-state index contributed by atoms with van der Waals surface area (Å²) in [6.07, 6.45) is -0.302. The summed E-state index contributed by atoms with van der Waals surface area (Å²) in [4.78, 5) is 10.5. The largest absolute Gasteiger partial charge is 1.00 e. The van der Waals surface area contributed by atoms with Crippen LogP contribution in [-0.2, 0) is 9.53 Å². The molecule has 4 heteroatoms. The van der Waals surface area contributed by atoms with Crippen molar-refractivity contribution in [2.45, 2.75) is 40.7 Å². The number of hydrogen-bond acceptors (Lipinski definition) is 2. The van der Waals surface area contributed by atoms with Gasteiger partial charge in [0, 0.05) is 6.61 Å². The Labute approximate surface area is 131 Å². The number of ether oxygens (including phenoxy) is 1. The topological polar surface area (TPSA) is 40.4 Å². The number of amides is 1. The summed E-state index contributed by atoms with van der Waals surface area (Å²) in [7, 11) is 0. The van der Waals surface area contributed by atoms with Crippen LogP contribution in [0, 0.1) is 0 Å². The maximum absolute atomic E-state index is 10.5. The number of rotatable bonds is 0. The first-order chi connectivity index (χ1) is 5.80. The maximum atomic E-state index is 10.5.